The maximum Gasteiger partial charge on any atom is 0.166 e. The fourth-order valence-corrected chi connectivity index (χ4v) is 4.73. The van der Waals surface area contributed by atoms with Crippen molar-refractivity contribution in [3.63, 3.8) is 0 Å². The first kappa shape index (κ1) is 25.8. The highest BCUT2D eigenvalue weighted by Gasteiger charge is 2.26. The van der Waals surface area contributed by atoms with Crippen molar-refractivity contribution in [3.05, 3.63) is 101 Å². The van der Waals surface area contributed by atoms with Crippen molar-refractivity contribution in [2.45, 2.75) is 44.6 Å². The van der Waals surface area contributed by atoms with E-state index in [4.69, 9.17) is 9.47 Å². The molecule has 0 bridgehead atoms. The van der Waals surface area contributed by atoms with E-state index in [2.05, 4.69) is 6.58 Å². The molecule has 0 N–H and O–H groups in total. The van der Waals surface area contributed by atoms with Crippen LogP contribution in [0.25, 0.3) is 23.3 Å². The van der Waals surface area contributed by atoms with Crippen LogP contribution >= 0.6 is 0 Å². The van der Waals surface area contributed by atoms with Gasteiger partial charge in [-0.25, -0.2) is 13.2 Å². The molecule has 1 fully saturated rings. The van der Waals surface area contributed by atoms with Crippen molar-refractivity contribution in [2.24, 2.45) is 0 Å². The molecule has 0 aromatic heterocycles. The number of benzene rings is 3. The fourth-order valence-electron chi connectivity index (χ4n) is 4.73. The number of hydrogen-bond donors (Lipinski definition) is 0. The van der Waals surface area contributed by atoms with Crippen LogP contribution in [0.15, 0.2) is 67.3 Å². The standard InChI is InChI=1S/C31H31F3O2/c1-3-19-36-26-16-18-27(29(32)20-26)22-8-5-21(6-9-22)7-10-24-13-17-28(31(34)30(24)33)23-11-14-25(15-12-23)35-4-2/h3,5-10,13,16-18,20,23,25H,1,4,11-12,14-15,19H2,2H3/b10-7+. The van der Waals surface area contributed by atoms with Gasteiger partial charge in [0.05, 0.1) is 6.10 Å². The van der Waals surface area contributed by atoms with E-state index >= 15 is 0 Å². The quantitative estimate of drug-likeness (QED) is 0.220. The van der Waals surface area contributed by atoms with Crippen LogP contribution in [-0.4, -0.2) is 19.3 Å². The second kappa shape index (κ2) is 12.1. The minimum atomic E-state index is -0.826. The van der Waals surface area contributed by atoms with Crippen LogP contribution in [0.1, 0.15) is 55.2 Å². The Bertz CT molecular complexity index is 1210. The Labute approximate surface area is 211 Å². The summed E-state index contributed by atoms with van der Waals surface area (Å²) in [5, 5.41) is 0. The zero-order chi connectivity index (χ0) is 25.5. The summed E-state index contributed by atoms with van der Waals surface area (Å²) in [4.78, 5) is 0. The molecule has 0 radical (unpaired) electrons. The second-order valence-corrected chi connectivity index (χ2v) is 9.00. The van der Waals surface area contributed by atoms with E-state index in [1.807, 2.05) is 19.1 Å². The van der Waals surface area contributed by atoms with Gasteiger partial charge in [0.2, 0.25) is 0 Å². The van der Waals surface area contributed by atoms with E-state index in [0.717, 1.165) is 31.2 Å². The van der Waals surface area contributed by atoms with Crippen LogP contribution in [0, 0.1) is 17.5 Å². The highest BCUT2D eigenvalue weighted by atomic mass is 19.2. The first-order valence-electron chi connectivity index (χ1n) is 12.4. The van der Waals surface area contributed by atoms with Crippen molar-refractivity contribution in [2.75, 3.05) is 13.2 Å². The van der Waals surface area contributed by atoms with Gasteiger partial charge in [-0.2, -0.15) is 0 Å². The van der Waals surface area contributed by atoms with Gasteiger partial charge in [0.15, 0.2) is 11.6 Å². The van der Waals surface area contributed by atoms with Gasteiger partial charge in [-0.1, -0.05) is 61.2 Å². The lowest BCUT2D eigenvalue weighted by atomic mass is 9.82. The van der Waals surface area contributed by atoms with Gasteiger partial charge < -0.3 is 9.47 Å². The lowest BCUT2D eigenvalue weighted by Gasteiger charge is -2.29. The molecule has 0 aliphatic heterocycles. The molecule has 0 unspecified atom stereocenters. The second-order valence-electron chi connectivity index (χ2n) is 9.00. The van der Waals surface area contributed by atoms with Gasteiger partial charge in [0, 0.05) is 23.8 Å². The number of ether oxygens (including phenoxy) is 2. The molecule has 1 saturated carbocycles. The molecule has 3 aromatic carbocycles. The molecule has 0 amide bonds. The zero-order valence-electron chi connectivity index (χ0n) is 20.5. The monoisotopic (exact) mass is 492 g/mol. The average Bonchev–Trinajstić information content (AvgIpc) is 2.90. The average molecular weight is 493 g/mol. The van der Waals surface area contributed by atoms with Crippen molar-refractivity contribution >= 4 is 12.2 Å². The molecule has 188 valence electrons. The Morgan fingerprint density at radius 2 is 1.64 bits per heavy atom. The third-order valence-electron chi connectivity index (χ3n) is 6.64. The molecule has 4 rings (SSSR count). The summed E-state index contributed by atoms with van der Waals surface area (Å²) >= 11 is 0. The van der Waals surface area contributed by atoms with Gasteiger partial charge >= 0.3 is 0 Å². The lowest BCUT2D eigenvalue weighted by molar-refractivity contribution is 0.0325. The van der Waals surface area contributed by atoms with Gasteiger partial charge in [-0.3, -0.25) is 0 Å². The minimum absolute atomic E-state index is 0.0183. The van der Waals surface area contributed by atoms with Crippen LogP contribution in [0.3, 0.4) is 0 Å². The Balaban J connectivity index is 1.44. The molecule has 3 aromatic rings. The molecule has 0 spiro atoms. The molecule has 2 nitrogen and oxygen atoms in total. The van der Waals surface area contributed by atoms with Gasteiger partial charge in [0.25, 0.3) is 0 Å². The first-order valence-corrected chi connectivity index (χ1v) is 12.4. The van der Waals surface area contributed by atoms with E-state index < -0.39 is 11.6 Å². The molecule has 0 heterocycles. The summed E-state index contributed by atoms with van der Waals surface area (Å²) in [6, 6.07) is 15.3. The minimum Gasteiger partial charge on any atom is -0.489 e. The first-order chi connectivity index (χ1) is 17.5. The van der Waals surface area contributed by atoms with Gasteiger partial charge in [0.1, 0.15) is 18.2 Å². The predicted octanol–water partition coefficient (Wildman–Crippen LogP) is 8.57. The van der Waals surface area contributed by atoms with Gasteiger partial charge in [-0.15, -0.1) is 0 Å². The summed E-state index contributed by atoms with van der Waals surface area (Å²) in [6.45, 7) is 6.54. The Morgan fingerprint density at radius 1 is 0.889 bits per heavy atom. The smallest absolute Gasteiger partial charge is 0.166 e. The maximum atomic E-state index is 14.9. The molecule has 5 heteroatoms. The van der Waals surface area contributed by atoms with Crippen molar-refractivity contribution in [1.82, 2.24) is 0 Å². The summed E-state index contributed by atoms with van der Waals surface area (Å²) < 4.78 is 55.3. The van der Waals surface area contributed by atoms with E-state index in [9.17, 15) is 13.2 Å². The van der Waals surface area contributed by atoms with E-state index in [0.29, 0.717) is 35.7 Å². The molecule has 1 aliphatic rings. The third kappa shape index (κ3) is 6.08. The third-order valence-corrected chi connectivity index (χ3v) is 6.64. The largest absolute Gasteiger partial charge is 0.489 e. The molecular weight excluding hydrogens is 461 g/mol. The Morgan fingerprint density at radius 3 is 2.31 bits per heavy atom. The highest BCUT2D eigenvalue weighted by Crippen LogP contribution is 2.36. The molecule has 0 atom stereocenters. The molecule has 36 heavy (non-hydrogen) atoms. The summed E-state index contributed by atoms with van der Waals surface area (Å²) in [6.07, 6.45) is 8.44. The molecular formula is C31H31F3O2. The fraction of sp³-hybridized carbons (Fsp3) is 0.290. The SMILES string of the molecule is C=CCOc1ccc(-c2ccc(/C=C/c3ccc(C4CCC(OCC)CC4)c(F)c3F)cc2)c(F)c1. The number of hydrogen-bond acceptors (Lipinski definition) is 2. The van der Waals surface area contributed by atoms with E-state index in [-0.39, 0.29) is 23.4 Å². The van der Waals surface area contributed by atoms with E-state index in [1.54, 1.807) is 54.6 Å². The highest BCUT2D eigenvalue weighted by molar-refractivity contribution is 5.73. The van der Waals surface area contributed by atoms with Crippen molar-refractivity contribution in [3.8, 4) is 16.9 Å². The summed E-state index contributed by atoms with van der Waals surface area (Å²) in [7, 11) is 0. The van der Waals surface area contributed by atoms with Crippen molar-refractivity contribution < 1.29 is 22.6 Å². The zero-order valence-corrected chi connectivity index (χ0v) is 20.5. The topological polar surface area (TPSA) is 18.5 Å². The number of rotatable bonds is 9. The Hall–Kier alpha value is -3.31. The van der Waals surface area contributed by atoms with Crippen LogP contribution in [0.5, 0.6) is 5.75 Å². The summed E-state index contributed by atoms with van der Waals surface area (Å²) in [5.41, 5.74) is 2.61. The van der Waals surface area contributed by atoms with E-state index in [1.165, 1.54) is 6.07 Å². The normalized spacial score (nSPS) is 17.9. The molecule has 0 saturated heterocycles. The molecule has 1 aliphatic carbocycles. The van der Waals surface area contributed by atoms with Crippen LogP contribution in [0.2, 0.25) is 0 Å². The summed E-state index contributed by atoms with van der Waals surface area (Å²) in [5.74, 6) is -1.51. The maximum absolute atomic E-state index is 14.9. The predicted molar refractivity (Wildman–Crippen MR) is 139 cm³/mol. The van der Waals surface area contributed by atoms with Crippen molar-refractivity contribution in [1.29, 1.82) is 0 Å². The van der Waals surface area contributed by atoms with Crippen LogP contribution in [0.4, 0.5) is 13.2 Å². The lowest BCUT2D eigenvalue weighted by Crippen LogP contribution is -2.21. The van der Waals surface area contributed by atoms with Crippen LogP contribution in [-0.2, 0) is 4.74 Å². The number of halogens is 3. The Kier molecular flexibility index (Phi) is 8.65. The van der Waals surface area contributed by atoms with Crippen LogP contribution < -0.4 is 4.74 Å². The van der Waals surface area contributed by atoms with Gasteiger partial charge in [-0.05, 0) is 67.3 Å².